The molecule has 7 nitrogen and oxygen atoms in total. The zero-order valence-corrected chi connectivity index (χ0v) is 23.9. The highest BCUT2D eigenvalue weighted by Gasteiger charge is 2.24. The van der Waals surface area contributed by atoms with Crippen LogP contribution in [0, 0.1) is 6.92 Å². The minimum absolute atomic E-state index is 0.190. The van der Waals surface area contributed by atoms with E-state index in [1.807, 2.05) is 104 Å². The molecular weight excluding hydrogens is 536 g/mol. The number of nitrogens with one attached hydrogen (secondary N) is 1. The number of nitrogens with zero attached hydrogens (tertiary/aromatic N) is 1. The maximum absolute atomic E-state index is 12.5. The largest absolute Gasteiger partial charge is 0.493 e. The predicted molar refractivity (Wildman–Crippen MR) is 163 cm³/mol. The van der Waals surface area contributed by atoms with Crippen molar-refractivity contribution < 1.29 is 23.7 Å². The van der Waals surface area contributed by atoms with Crippen LogP contribution in [0.15, 0.2) is 101 Å². The second-order valence-electron chi connectivity index (χ2n) is 9.28. The molecule has 0 aliphatic carbocycles. The number of carbonyl (C=O) groups is 1. The second kappa shape index (κ2) is 13.1. The summed E-state index contributed by atoms with van der Waals surface area (Å²) in [4.78, 5) is 17.6. The van der Waals surface area contributed by atoms with E-state index in [1.54, 1.807) is 14.2 Å². The Morgan fingerprint density at radius 3 is 2.12 bits per heavy atom. The molecule has 5 rings (SSSR count). The number of amides is 1. The Kier molecular flexibility index (Phi) is 8.91. The van der Waals surface area contributed by atoms with E-state index in [2.05, 4.69) is 10.3 Å². The quantitative estimate of drug-likeness (QED) is 0.207. The summed E-state index contributed by atoms with van der Waals surface area (Å²) >= 11 is 1.30. The highest BCUT2D eigenvalue weighted by atomic mass is 32.2. The second-order valence-corrected chi connectivity index (χ2v) is 10.3. The molecule has 0 spiro atoms. The van der Waals surface area contributed by atoms with Gasteiger partial charge in [-0.15, -0.1) is 0 Å². The number of carbonyl (C=O) groups excluding carboxylic acids is 1. The minimum atomic E-state index is -0.190. The molecule has 1 fully saturated rings. The SMILES string of the molecule is COc1cc(/C=C2/SC(=Nc3ccc(C)cc3)NC2=O)ccc1OCc1ccc(OCc2ccccc2)c(OC)c1. The van der Waals surface area contributed by atoms with Crippen molar-refractivity contribution in [3.8, 4) is 23.0 Å². The van der Waals surface area contributed by atoms with Gasteiger partial charge in [0.05, 0.1) is 24.8 Å². The molecule has 1 aliphatic rings. The fourth-order valence-corrected chi connectivity index (χ4v) is 4.92. The first-order chi connectivity index (χ1) is 20.0. The first-order valence-electron chi connectivity index (χ1n) is 13.0. The van der Waals surface area contributed by atoms with E-state index in [-0.39, 0.29) is 5.91 Å². The van der Waals surface area contributed by atoms with E-state index < -0.39 is 0 Å². The summed E-state index contributed by atoms with van der Waals surface area (Å²) < 4.78 is 23.2. The molecule has 1 heterocycles. The van der Waals surface area contributed by atoms with Crippen LogP contribution in [-0.2, 0) is 18.0 Å². The van der Waals surface area contributed by atoms with Crippen molar-refractivity contribution in [2.45, 2.75) is 20.1 Å². The van der Waals surface area contributed by atoms with Crippen molar-refractivity contribution >= 4 is 34.6 Å². The fourth-order valence-electron chi connectivity index (χ4n) is 4.08. The van der Waals surface area contributed by atoms with E-state index in [0.29, 0.717) is 46.3 Å². The monoisotopic (exact) mass is 566 g/mol. The number of aliphatic imine (C=N–C) groups is 1. The molecule has 1 N–H and O–H groups in total. The summed E-state index contributed by atoms with van der Waals surface area (Å²) in [6.07, 6.45) is 1.81. The Balaban J connectivity index is 1.23. The molecule has 41 heavy (non-hydrogen) atoms. The van der Waals surface area contributed by atoms with Gasteiger partial charge in [0, 0.05) is 0 Å². The topological polar surface area (TPSA) is 78.4 Å². The smallest absolute Gasteiger partial charge is 0.264 e. The van der Waals surface area contributed by atoms with Gasteiger partial charge in [0.1, 0.15) is 13.2 Å². The summed E-state index contributed by atoms with van der Waals surface area (Å²) in [5, 5.41) is 3.37. The van der Waals surface area contributed by atoms with Gasteiger partial charge in [0.15, 0.2) is 28.2 Å². The lowest BCUT2D eigenvalue weighted by Gasteiger charge is -2.14. The summed E-state index contributed by atoms with van der Waals surface area (Å²) in [6, 6.07) is 29.1. The van der Waals surface area contributed by atoms with E-state index in [9.17, 15) is 4.79 Å². The molecule has 0 radical (unpaired) electrons. The van der Waals surface area contributed by atoms with E-state index in [4.69, 9.17) is 18.9 Å². The third kappa shape index (κ3) is 7.29. The average Bonchev–Trinajstić information content (AvgIpc) is 3.34. The number of methoxy groups -OCH3 is 2. The molecule has 0 unspecified atom stereocenters. The van der Waals surface area contributed by atoms with Gasteiger partial charge < -0.3 is 24.3 Å². The van der Waals surface area contributed by atoms with Crippen LogP contribution in [0.25, 0.3) is 6.08 Å². The number of benzene rings is 4. The van der Waals surface area contributed by atoms with Gasteiger partial charge >= 0.3 is 0 Å². The van der Waals surface area contributed by atoms with Gasteiger partial charge in [-0.25, -0.2) is 4.99 Å². The summed E-state index contributed by atoms with van der Waals surface area (Å²) in [6.45, 7) is 2.78. The minimum Gasteiger partial charge on any atom is -0.493 e. The van der Waals surface area contributed by atoms with E-state index in [0.717, 1.165) is 27.9 Å². The maximum atomic E-state index is 12.5. The third-order valence-electron chi connectivity index (χ3n) is 6.26. The Morgan fingerprint density at radius 1 is 0.756 bits per heavy atom. The van der Waals surface area contributed by atoms with E-state index >= 15 is 0 Å². The third-order valence-corrected chi connectivity index (χ3v) is 7.17. The van der Waals surface area contributed by atoms with Gasteiger partial charge in [-0.05, 0) is 77.9 Å². The van der Waals surface area contributed by atoms with Gasteiger partial charge in [0.25, 0.3) is 5.91 Å². The normalized spacial score (nSPS) is 14.7. The highest BCUT2D eigenvalue weighted by molar-refractivity contribution is 8.18. The zero-order valence-electron chi connectivity index (χ0n) is 23.0. The van der Waals surface area contributed by atoms with Crippen molar-refractivity contribution in [2.75, 3.05) is 14.2 Å². The van der Waals surface area contributed by atoms with Gasteiger partial charge in [-0.1, -0.05) is 60.2 Å². The maximum Gasteiger partial charge on any atom is 0.264 e. The lowest BCUT2D eigenvalue weighted by molar-refractivity contribution is -0.115. The fraction of sp³-hybridized carbons (Fsp3) is 0.152. The van der Waals surface area contributed by atoms with Crippen molar-refractivity contribution in [3.63, 3.8) is 0 Å². The number of aryl methyl sites for hydroxylation is 1. The van der Waals surface area contributed by atoms with Crippen molar-refractivity contribution in [1.29, 1.82) is 0 Å². The molecule has 0 aromatic heterocycles. The molecule has 1 saturated heterocycles. The zero-order chi connectivity index (χ0) is 28.6. The lowest BCUT2D eigenvalue weighted by Crippen LogP contribution is -2.19. The standard InChI is InChI=1S/C33H30N2O5S/c1-22-9-13-26(14-10-22)34-33-35-32(36)31(41-33)19-24-11-15-27(29(17-24)37-2)40-21-25-12-16-28(30(18-25)38-3)39-20-23-7-5-4-6-8-23/h4-19H,20-21H2,1-3H3,(H,34,35,36)/b31-19+. The van der Waals surface area contributed by atoms with Crippen LogP contribution in [0.5, 0.6) is 23.0 Å². The Hall–Kier alpha value is -4.69. The number of hydrogen-bond acceptors (Lipinski definition) is 7. The summed E-state index contributed by atoms with van der Waals surface area (Å²) in [5.74, 6) is 2.25. The van der Waals surface area contributed by atoms with Gasteiger partial charge in [-0.3, -0.25) is 4.79 Å². The Morgan fingerprint density at radius 2 is 1.41 bits per heavy atom. The molecule has 1 amide bonds. The molecule has 0 saturated carbocycles. The molecule has 0 atom stereocenters. The van der Waals surface area contributed by atoms with E-state index in [1.165, 1.54) is 11.8 Å². The van der Waals surface area contributed by atoms with Crippen LogP contribution in [0.3, 0.4) is 0 Å². The molecule has 4 aromatic carbocycles. The number of thioether (sulfide) groups is 1. The lowest BCUT2D eigenvalue weighted by atomic mass is 10.1. The number of amidine groups is 1. The molecular formula is C33H30N2O5S. The van der Waals surface area contributed by atoms with Crippen LogP contribution < -0.4 is 24.3 Å². The van der Waals surface area contributed by atoms with Gasteiger partial charge in [0.2, 0.25) is 0 Å². The molecule has 1 aliphatic heterocycles. The Labute approximate surface area is 243 Å². The molecule has 8 heteroatoms. The number of rotatable bonds is 10. The predicted octanol–water partition coefficient (Wildman–Crippen LogP) is 7.06. The average molecular weight is 567 g/mol. The van der Waals surface area contributed by atoms with Crippen LogP contribution in [0.1, 0.15) is 22.3 Å². The summed E-state index contributed by atoms with van der Waals surface area (Å²) in [5.41, 5.74) is 4.75. The van der Waals surface area contributed by atoms with Crippen LogP contribution in [0.4, 0.5) is 5.69 Å². The molecule has 208 valence electrons. The van der Waals surface area contributed by atoms with Gasteiger partial charge in [-0.2, -0.15) is 0 Å². The molecule has 4 aromatic rings. The number of ether oxygens (including phenoxy) is 4. The van der Waals surface area contributed by atoms with Crippen molar-refractivity contribution in [2.24, 2.45) is 4.99 Å². The summed E-state index contributed by atoms with van der Waals surface area (Å²) in [7, 11) is 3.20. The Bertz CT molecular complexity index is 1580. The highest BCUT2D eigenvalue weighted by Crippen LogP contribution is 2.34. The first kappa shape index (κ1) is 27.9. The van der Waals surface area contributed by atoms with Crippen LogP contribution >= 0.6 is 11.8 Å². The first-order valence-corrected chi connectivity index (χ1v) is 13.8. The van der Waals surface area contributed by atoms with Crippen LogP contribution in [-0.4, -0.2) is 25.3 Å². The molecule has 0 bridgehead atoms. The van der Waals surface area contributed by atoms with Crippen molar-refractivity contribution in [3.05, 3.63) is 118 Å². The number of hydrogen-bond donors (Lipinski definition) is 1. The van der Waals surface area contributed by atoms with Crippen molar-refractivity contribution in [1.82, 2.24) is 5.32 Å². The van der Waals surface area contributed by atoms with Crippen LogP contribution in [0.2, 0.25) is 0 Å².